The first-order valence-corrected chi connectivity index (χ1v) is 10.2. The summed E-state index contributed by atoms with van der Waals surface area (Å²) in [4.78, 5) is 20.7. The van der Waals surface area contributed by atoms with E-state index < -0.39 is 21.7 Å². The molecule has 4 heterocycles. The molecule has 27 heavy (non-hydrogen) atoms. The van der Waals surface area contributed by atoms with E-state index in [1.165, 1.54) is 16.6 Å². The molecule has 1 atom stereocenters. The highest BCUT2D eigenvalue weighted by molar-refractivity contribution is 7.89. The third-order valence-corrected chi connectivity index (χ3v) is 7.08. The number of nitrogens with one attached hydrogen (secondary N) is 1. The highest BCUT2D eigenvalue weighted by Gasteiger charge is 2.48. The van der Waals surface area contributed by atoms with Crippen LogP contribution in [0.1, 0.15) is 18.7 Å². The molecule has 0 unspecified atom stereocenters. The van der Waals surface area contributed by atoms with Gasteiger partial charge in [-0.2, -0.15) is 4.31 Å². The fourth-order valence-electron chi connectivity index (χ4n) is 3.77. The van der Waals surface area contributed by atoms with Gasteiger partial charge in [0.25, 0.3) is 5.91 Å². The summed E-state index contributed by atoms with van der Waals surface area (Å²) < 4.78 is 35.2. The quantitative estimate of drug-likeness (QED) is 0.796. The summed E-state index contributed by atoms with van der Waals surface area (Å²) in [5, 5.41) is 2.62. The van der Waals surface area contributed by atoms with E-state index in [2.05, 4.69) is 15.3 Å². The Morgan fingerprint density at radius 1 is 1.33 bits per heavy atom. The van der Waals surface area contributed by atoms with Gasteiger partial charge in [-0.3, -0.25) is 9.78 Å². The van der Waals surface area contributed by atoms with Gasteiger partial charge in [-0.15, -0.1) is 0 Å². The van der Waals surface area contributed by atoms with Gasteiger partial charge in [0.2, 0.25) is 10.0 Å². The van der Waals surface area contributed by atoms with Gasteiger partial charge in [0.05, 0.1) is 6.54 Å². The largest absolute Gasteiger partial charge is 0.357 e. The van der Waals surface area contributed by atoms with Gasteiger partial charge in [0, 0.05) is 44.9 Å². The van der Waals surface area contributed by atoms with Crippen LogP contribution < -0.4 is 5.32 Å². The fourth-order valence-corrected chi connectivity index (χ4v) is 5.18. The number of ether oxygens (including phenoxy) is 1. The van der Waals surface area contributed by atoms with Crippen LogP contribution in [0.15, 0.2) is 41.8 Å². The van der Waals surface area contributed by atoms with Crippen molar-refractivity contribution in [2.45, 2.75) is 36.0 Å². The van der Waals surface area contributed by atoms with E-state index in [9.17, 15) is 13.2 Å². The first-order chi connectivity index (χ1) is 13.0. The zero-order valence-electron chi connectivity index (χ0n) is 14.9. The van der Waals surface area contributed by atoms with Crippen molar-refractivity contribution >= 4 is 15.9 Å². The lowest BCUT2D eigenvalue weighted by Gasteiger charge is -2.45. The van der Waals surface area contributed by atoms with Gasteiger partial charge >= 0.3 is 0 Å². The second-order valence-corrected chi connectivity index (χ2v) is 8.65. The smallest absolute Gasteiger partial charge is 0.250 e. The van der Waals surface area contributed by atoms with Gasteiger partial charge in [-0.05, 0) is 25.0 Å². The Balaban J connectivity index is 1.58. The molecule has 144 valence electrons. The number of rotatable bonds is 3. The molecule has 0 saturated carbocycles. The summed E-state index contributed by atoms with van der Waals surface area (Å²) in [7, 11) is -2.03. The summed E-state index contributed by atoms with van der Waals surface area (Å²) in [5.74, 6) is 0.556. The first-order valence-electron chi connectivity index (χ1n) is 8.77. The van der Waals surface area contributed by atoms with Crippen LogP contribution in [-0.2, 0) is 31.7 Å². The second kappa shape index (κ2) is 6.70. The Labute approximate surface area is 157 Å². The third-order valence-electron chi connectivity index (χ3n) is 5.19. The molecular formula is C17H21N5O4S. The van der Waals surface area contributed by atoms with E-state index in [1.54, 1.807) is 25.5 Å². The highest BCUT2D eigenvalue weighted by Crippen LogP contribution is 2.41. The van der Waals surface area contributed by atoms with Crippen molar-refractivity contribution in [3.63, 3.8) is 0 Å². The number of aromatic nitrogens is 3. The molecule has 9 nitrogen and oxygen atoms in total. The Hall–Kier alpha value is -2.30. The zero-order valence-corrected chi connectivity index (χ0v) is 15.7. The molecule has 1 saturated heterocycles. The molecule has 2 aliphatic rings. The van der Waals surface area contributed by atoms with Crippen molar-refractivity contribution in [3.05, 3.63) is 42.7 Å². The molecule has 0 radical (unpaired) electrons. The predicted molar refractivity (Wildman–Crippen MR) is 95.1 cm³/mol. The lowest BCUT2D eigenvalue weighted by atomic mass is 9.89. The number of hydrogen-bond acceptors (Lipinski definition) is 6. The Morgan fingerprint density at radius 2 is 2.11 bits per heavy atom. The van der Waals surface area contributed by atoms with E-state index in [4.69, 9.17) is 4.74 Å². The number of amides is 1. The van der Waals surface area contributed by atoms with Gasteiger partial charge in [-0.25, -0.2) is 13.4 Å². The summed E-state index contributed by atoms with van der Waals surface area (Å²) in [6.07, 6.45) is 6.63. The van der Waals surface area contributed by atoms with E-state index >= 15 is 0 Å². The maximum absolute atomic E-state index is 12.8. The molecule has 0 aliphatic carbocycles. The normalized spacial score (nSPS) is 22.3. The predicted octanol–water partition coefficient (Wildman–Crippen LogP) is 0.103. The Kier molecular flexibility index (Phi) is 4.49. The molecule has 2 aromatic heterocycles. The van der Waals surface area contributed by atoms with Gasteiger partial charge in [0.1, 0.15) is 16.3 Å². The van der Waals surface area contributed by atoms with Crippen LogP contribution in [-0.4, -0.2) is 59.4 Å². The number of fused-ring (bicyclic) bond motifs is 2. The number of carbonyl (C=O) groups excluding carboxylic acids is 1. The van der Waals surface area contributed by atoms with Crippen LogP contribution in [0.4, 0.5) is 0 Å². The lowest BCUT2D eigenvalue weighted by Crippen LogP contribution is -2.54. The number of pyridine rings is 1. The topological polar surface area (TPSA) is 106 Å². The minimum absolute atomic E-state index is 0.176. The number of carbonyl (C=O) groups is 1. The molecule has 2 aromatic rings. The average Bonchev–Trinajstić information content (AvgIpc) is 3.18. The van der Waals surface area contributed by atoms with Crippen molar-refractivity contribution in [1.82, 2.24) is 24.2 Å². The SMILES string of the molecule is CNC(=O)[C@H]1Cn2ccnc2C2(CCN(S(=O)(=O)c3cccnc3)CC2)O1. The van der Waals surface area contributed by atoms with Crippen LogP contribution in [0.2, 0.25) is 0 Å². The number of likely N-dealkylation sites (N-methyl/N-ethyl adjacent to an activating group) is 1. The molecule has 1 amide bonds. The number of piperidine rings is 1. The molecule has 4 rings (SSSR count). The summed E-state index contributed by atoms with van der Waals surface area (Å²) in [6.45, 7) is 0.962. The summed E-state index contributed by atoms with van der Waals surface area (Å²) >= 11 is 0. The molecule has 1 spiro atoms. The van der Waals surface area contributed by atoms with Crippen LogP contribution >= 0.6 is 0 Å². The number of hydrogen-bond donors (Lipinski definition) is 1. The van der Waals surface area contributed by atoms with Crippen molar-refractivity contribution in [1.29, 1.82) is 0 Å². The minimum Gasteiger partial charge on any atom is -0.357 e. The average molecular weight is 391 g/mol. The Morgan fingerprint density at radius 3 is 2.78 bits per heavy atom. The van der Waals surface area contributed by atoms with E-state index in [1.807, 2.05) is 10.8 Å². The molecule has 10 heteroatoms. The molecule has 2 aliphatic heterocycles. The number of nitrogens with zero attached hydrogens (tertiary/aromatic N) is 4. The van der Waals surface area contributed by atoms with Crippen LogP contribution in [0, 0.1) is 0 Å². The Bertz CT molecular complexity index is 935. The molecule has 0 bridgehead atoms. The van der Waals surface area contributed by atoms with E-state index in [0.29, 0.717) is 19.4 Å². The van der Waals surface area contributed by atoms with Crippen molar-refractivity contribution in [3.8, 4) is 0 Å². The molecule has 0 aromatic carbocycles. The fraction of sp³-hybridized carbons (Fsp3) is 0.471. The third kappa shape index (κ3) is 3.03. The highest BCUT2D eigenvalue weighted by atomic mass is 32.2. The van der Waals surface area contributed by atoms with Gasteiger partial charge < -0.3 is 14.6 Å². The van der Waals surface area contributed by atoms with Crippen LogP contribution in [0.3, 0.4) is 0 Å². The minimum atomic E-state index is -3.61. The second-order valence-electron chi connectivity index (χ2n) is 6.71. The number of imidazole rings is 1. The first kappa shape index (κ1) is 18.1. The van der Waals surface area contributed by atoms with Crippen LogP contribution in [0.5, 0.6) is 0 Å². The van der Waals surface area contributed by atoms with E-state index in [-0.39, 0.29) is 23.9 Å². The standard InChI is InChI=1S/C17H21N5O4S/c1-18-15(23)14-12-21-10-7-20-16(21)17(26-14)4-8-22(9-5-17)27(24,25)13-3-2-6-19-11-13/h2-3,6-7,10-11,14H,4-5,8-9,12H2,1H3,(H,18,23)/t14-/m1/s1. The molecule has 1 N–H and O–H groups in total. The summed E-state index contributed by atoms with van der Waals surface area (Å²) in [6, 6.07) is 3.14. The van der Waals surface area contributed by atoms with Crippen LogP contribution in [0.25, 0.3) is 0 Å². The zero-order chi connectivity index (χ0) is 19.1. The lowest BCUT2D eigenvalue weighted by molar-refractivity contribution is -0.170. The van der Waals surface area contributed by atoms with Gasteiger partial charge in [-0.1, -0.05) is 0 Å². The van der Waals surface area contributed by atoms with E-state index in [0.717, 1.165) is 5.82 Å². The maximum Gasteiger partial charge on any atom is 0.250 e. The summed E-state index contributed by atoms with van der Waals surface area (Å²) in [5.41, 5.74) is -0.764. The van der Waals surface area contributed by atoms with Gasteiger partial charge in [0.15, 0.2) is 6.10 Å². The van der Waals surface area contributed by atoms with Crippen molar-refractivity contribution in [2.24, 2.45) is 0 Å². The monoisotopic (exact) mass is 391 g/mol. The molecule has 1 fully saturated rings. The van der Waals surface area contributed by atoms with Crippen molar-refractivity contribution in [2.75, 3.05) is 20.1 Å². The van der Waals surface area contributed by atoms with Crippen molar-refractivity contribution < 1.29 is 17.9 Å². The maximum atomic E-state index is 12.8. The number of sulfonamides is 1. The molecular weight excluding hydrogens is 370 g/mol.